The lowest BCUT2D eigenvalue weighted by Gasteiger charge is -2.16. The van der Waals surface area contributed by atoms with E-state index in [-0.39, 0.29) is 10.8 Å². The van der Waals surface area contributed by atoms with Gasteiger partial charge in [-0.15, -0.1) is 10.2 Å². The molecule has 0 atom stereocenters. The first-order valence-electron chi connectivity index (χ1n) is 7.05. The van der Waals surface area contributed by atoms with Gasteiger partial charge in [-0.25, -0.2) is 12.8 Å². The molecule has 0 aliphatic heterocycles. The summed E-state index contributed by atoms with van der Waals surface area (Å²) in [7, 11) is -2.60. The summed E-state index contributed by atoms with van der Waals surface area (Å²) in [6, 6.07) is 4.41. The van der Waals surface area contributed by atoms with Gasteiger partial charge < -0.3 is 0 Å². The van der Waals surface area contributed by atoms with Crippen LogP contribution in [0.4, 0.5) is 9.52 Å². The zero-order chi connectivity index (χ0) is 17.9. The molecule has 2 rings (SSSR count). The number of anilines is 1. The van der Waals surface area contributed by atoms with Crippen molar-refractivity contribution in [3.8, 4) is 0 Å². The fourth-order valence-electron chi connectivity index (χ4n) is 1.75. The molecule has 0 bridgehead atoms. The van der Waals surface area contributed by atoms with Gasteiger partial charge in [0.1, 0.15) is 10.8 Å². The third-order valence-corrected chi connectivity index (χ3v) is 6.03. The van der Waals surface area contributed by atoms with Crippen molar-refractivity contribution < 1.29 is 17.6 Å². The van der Waals surface area contributed by atoms with Crippen molar-refractivity contribution in [1.82, 2.24) is 14.5 Å². The summed E-state index contributed by atoms with van der Waals surface area (Å²) in [5, 5.41) is 11.4. The lowest BCUT2D eigenvalue weighted by atomic mass is 10.2. The van der Waals surface area contributed by atoms with Crippen molar-refractivity contribution in [3.63, 3.8) is 0 Å². The third-order valence-electron chi connectivity index (χ3n) is 3.07. The number of aromatic nitrogens is 2. The third kappa shape index (κ3) is 4.34. The van der Waals surface area contributed by atoms with Crippen LogP contribution in [0.5, 0.6) is 0 Å². The standard InChI is InChI=1S/C14H17FN4O3S2/c1-9(2)13-17-18-14(23-13)16-12(20)8-19(3)24(21,22)11-6-4-10(15)5-7-11/h4-7,9H,8H2,1-3H3,(H,16,18,20). The van der Waals surface area contributed by atoms with Crippen molar-refractivity contribution in [2.24, 2.45) is 0 Å². The average molecular weight is 372 g/mol. The Balaban J connectivity index is 2.03. The van der Waals surface area contributed by atoms with Crippen LogP contribution >= 0.6 is 11.3 Å². The quantitative estimate of drug-likeness (QED) is 0.838. The predicted octanol–water partition coefficient (Wildman–Crippen LogP) is 2.06. The summed E-state index contributed by atoms with van der Waals surface area (Å²) >= 11 is 1.24. The molecule has 7 nitrogen and oxygen atoms in total. The van der Waals surface area contributed by atoms with Gasteiger partial charge in [0.05, 0.1) is 11.4 Å². The van der Waals surface area contributed by atoms with E-state index in [0.717, 1.165) is 33.6 Å². The molecule has 0 fully saturated rings. The molecule has 1 heterocycles. The van der Waals surface area contributed by atoms with E-state index >= 15 is 0 Å². The lowest BCUT2D eigenvalue weighted by molar-refractivity contribution is -0.116. The molecule has 0 saturated heterocycles. The Morgan fingerprint density at radius 2 is 1.92 bits per heavy atom. The van der Waals surface area contributed by atoms with Gasteiger partial charge in [0, 0.05) is 13.0 Å². The van der Waals surface area contributed by atoms with Gasteiger partial charge in [-0.2, -0.15) is 4.31 Å². The summed E-state index contributed by atoms with van der Waals surface area (Å²) in [6.45, 7) is 3.51. The molecule has 1 aromatic heterocycles. The summed E-state index contributed by atoms with van der Waals surface area (Å²) in [6.07, 6.45) is 0. The number of amides is 1. The first-order valence-corrected chi connectivity index (χ1v) is 9.31. The van der Waals surface area contributed by atoms with E-state index in [1.165, 1.54) is 18.4 Å². The van der Waals surface area contributed by atoms with Crippen molar-refractivity contribution >= 4 is 32.4 Å². The van der Waals surface area contributed by atoms with Gasteiger partial charge in [-0.3, -0.25) is 10.1 Å². The highest BCUT2D eigenvalue weighted by Gasteiger charge is 2.23. The number of halogens is 1. The number of benzene rings is 1. The molecule has 0 saturated carbocycles. The smallest absolute Gasteiger partial charge is 0.243 e. The number of hydrogen-bond acceptors (Lipinski definition) is 6. The number of rotatable bonds is 6. The van der Waals surface area contributed by atoms with Crippen LogP contribution in [0.2, 0.25) is 0 Å². The van der Waals surface area contributed by atoms with E-state index in [9.17, 15) is 17.6 Å². The number of nitrogens with one attached hydrogen (secondary N) is 1. The van der Waals surface area contributed by atoms with E-state index in [2.05, 4.69) is 15.5 Å². The maximum absolute atomic E-state index is 12.9. The zero-order valence-electron chi connectivity index (χ0n) is 13.4. The second kappa shape index (κ2) is 7.32. The van der Waals surface area contributed by atoms with Crippen LogP contribution in [0.3, 0.4) is 0 Å². The first-order chi connectivity index (χ1) is 11.2. The Kier molecular flexibility index (Phi) is 5.62. The molecule has 2 aromatic rings. The molecule has 0 unspecified atom stereocenters. The Hall–Kier alpha value is -1.91. The molecular formula is C14H17FN4O3S2. The topological polar surface area (TPSA) is 92.3 Å². The van der Waals surface area contributed by atoms with Gasteiger partial charge in [-0.05, 0) is 24.3 Å². The average Bonchev–Trinajstić information content (AvgIpc) is 2.96. The van der Waals surface area contributed by atoms with Crippen LogP contribution in [0.25, 0.3) is 0 Å². The Morgan fingerprint density at radius 3 is 2.46 bits per heavy atom. The Morgan fingerprint density at radius 1 is 1.29 bits per heavy atom. The molecule has 0 aliphatic carbocycles. The zero-order valence-corrected chi connectivity index (χ0v) is 15.0. The van der Waals surface area contributed by atoms with E-state index < -0.39 is 28.3 Å². The Bertz CT molecular complexity index is 819. The Labute approximate surface area is 143 Å². The van der Waals surface area contributed by atoms with Crippen LogP contribution < -0.4 is 5.32 Å². The monoisotopic (exact) mass is 372 g/mol. The van der Waals surface area contributed by atoms with Gasteiger partial charge in [-0.1, -0.05) is 25.2 Å². The van der Waals surface area contributed by atoms with Crippen molar-refractivity contribution in [3.05, 3.63) is 35.1 Å². The minimum absolute atomic E-state index is 0.0859. The summed E-state index contributed by atoms with van der Waals surface area (Å²) in [5.41, 5.74) is 0. The van der Waals surface area contributed by atoms with Crippen LogP contribution in [-0.2, 0) is 14.8 Å². The van der Waals surface area contributed by atoms with Gasteiger partial charge in [0.15, 0.2) is 0 Å². The van der Waals surface area contributed by atoms with Gasteiger partial charge in [0.25, 0.3) is 0 Å². The number of carbonyl (C=O) groups excluding carboxylic acids is 1. The molecule has 0 aliphatic rings. The molecule has 10 heteroatoms. The molecule has 1 N–H and O–H groups in total. The fraction of sp³-hybridized carbons (Fsp3) is 0.357. The first kappa shape index (κ1) is 18.4. The van der Waals surface area contributed by atoms with Crippen LogP contribution in [0.1, 0.15) is 24.8 Å². The minimum atomic E-state index is -3.88. The molecule has 24 heavy (non-hydrogen) atoms. The molecular weight excluding hydrogens is 355 g/mol. The summed E-state index contributed by atoms with van der Waals surface area (Å²) in [4.78, 5) is 11.9. The highest BCUT2D eigenvalue weighted by atomic mass is 32.2. The number of hydrogen-bond donors (Lipinski definition) is 1. The van der Waals surface area contributed by atoms with E-state index in [1.807, 2.05) is 13.8 Å². The molecule has 0 radical (unpaired) electrons. The minimum Gasteiger partial charge on any atom is -0.299 e. The predicted molar refractivity (Wildman–Crippen MR) is 88.8 cm³/mol. The molecule has 1 amide bonds. The van der Waals surface area contributed by atoms with Crippen LogP contribution in [0, 0.1) is 5.82 Å². The maximum Gasteiger partial charge on any atom is 0.243 e. The van der Waals surface area contributed by atoms with E-state index in [1.54, 1.807) is 0 Å². The molecule has 0 spiro atoms. The highest BCUT2D eigenvalue weighted by molar-refractivity contribution is 7.89. The molecule has 130 valence electrons. The van der Waals surface area contributed by atoms with Gasteiger partial charge in [0.2, 0.25) is 21.1 Å². The number of carbonyl (C=O) groups is 1. The fourth-order valence-corrected chi connectivity index (χ4v) is 3.64. The van der Waals surface area contributed by atoms with E-state index in [0.29, 0.717) is 5.13 Å². The van der Waals surface area contributed by atoms with Crippen molar-refractivity contribution in [2.45, 2.75) is 24.7 Å². The highest BCUT2D eigenvalue weighted by Crippen LogP contribution is 2.22. The van der Waals surface area contributed by atoms with Crippen molar-refractivity contribution in [1.29, 1.82) is 0 Å². The van der Waals surface area contributed by atoms with Crippen LogP contribution in [-0.4, -0.2) is 42.4 Å². The number of likely N-dealkylation sites (N-methyl/N-ethyl adjacent to an activating group) is 1. The largest absolute Gasteiger partial charge is 0.299 e. The van der Waals surface area contributed by atoms with Crippen LogP contribution in [0.15, 0.2) is 29.2 Å². The number of nitrogens with zero attached hydrogens (tertiary/aromatic N) is 3. The maximum atomic E-state index is 12.9. The molecule has 1 aromatic carbocycles. The van der Waals surface area contributed by atoms with E-state index in [4.69, 9.17) is 0 Å². The summed E-state index contributed by atoms with van der Waals surface area (Å²) in [5.74, 6) is -0.879. The second-order valence-electron chi connectivity index (χ2n) is 5.36. The van der Waals surface area contributed by atoms with Crippen molar-refractivity contribution in [2.75, 3.05) is 18.9 Å². The summed E-state index contributed by atoms with van der Waals surface area (Å²) < 4.78 is 38.4. The normalized spacial score (nSPS) is 11.9. The second-order valence-corrected chi connectivity index (χ2v) is 8.42. The SMILES string of the molecule is CC(C)c1nnc(NC(=O)CN(C)S(=O)(=O)c2ccc(F)cc2)s1. The number of sulfonamides is 1. The lowest BCUT2D eigenvalue weighted by Crippen LogP contribution is -2.34. The van der Waals surface area contributed by atoms with Gasteiger partial charge >= 0.3 is 0 Å².